The summed E-state index contributed by atoms with van der Waals surface area (Å²) in [5, 5.41) is 7.02. The van der Waals surface area contributed by atoms with E-state index in [1.54, 1.807) is 7.11 Å². The van der Waals surface area contributed by atoms with Gasteiger partial charge < -0.3 is 19.3 Å². The first-order valence-electron chi connectivity index (χ1n) is 5.52. The van der Waals surface area contributed by atoms with E-state index in [2.05, 4.69) is 10.5 Å². The maximum absolute atomic E-state index is 5.39. The molecule has 0 fully saturated rings. The van der Waals surface area contributed by atoms with Crippen molar-refractivity contribution in [2.75, 3.05) is 33.5 Å². The Balaban J connectivity index is 1.88. The smallest absolute Gasteiger partial charge is 0.150 e. The molecular formula is C11H20N2O3. The van der Waals surface area contributed by atoms with Gasteiger partial charge in [0.05, 0.1) is 18.8 Å². The van der Waals surface area contributed by atoms with Gasteiger partial charge in [0.25, 0.3) is 0 Å². The van der Waals surface area contributed by atoms with E-state index in [1.807, 2.05) is 13.0 Å². The minimum absolute atomic E-state index is 0.697. The van der Waals surface area contributed by atoms with Gasteiger partial charge in [0.1, 0.15) is 0 Å². The average Bonchev–Trinajstić information content (AvgIpc) is 2.68. The Morgan fingerprint density at radius 3 is 2.94 bits per heavy atom. The van der Waals surface area contributed by atoms with E-state index in [0.29, 0.717) is 13.2 Å². The van der Waals surface area contributed by atoms with E-state index in [-0.39, 0.29) is 0 Å². The summed E-state index contributed by atoms with van der Waals surface area (Å²) in [4.78, 5) is 0. The van der Waals surface area contributed by atoms with Gasteiger partial charge >= 0.3 is 0 Å². The number of ether oxygens (including phenoxy) is 2. The first kappa shape index (κ1) is 13.2. The third-order valence-electron chi connectivity index (χ3n) is 2.04. The van der Waals surface area contributed by atoms with Crippen LogP contribution in [0, 0.1) is 6.92 Å². The number of nitrogens with one attached hydrogen (secondary N) is 1. The van der Waals surface area contributed by atoms with Crippen molar-refractivity contribution >= 4 is 0 Å². The lowest BCUT2D eigenvalue weighted by Crippen LogP contribution is -2.19. The van der Waals surface area contributed by atoms with Crippen molar-refractivity contribution in [3.63, 3.8) is 0 Å². The minimum atomic E-state index is 0.697. The van der Waals surface area contributed by atoms with Crippen LogP contribution in [0.15, 0.2) is 10.6 Å². The van der Waals surface area contributed by atoms with Crippen LogP contribution in [-0.2, 0) is 16.0 Å². The summed E-state index contributed by atoms with van der Waals surface area (Å²) in [6.45, 7) is 5.62. The monoisotopic (exact) mass is 228 g/mol. The van der Waals surface area contributed by atoms with E-state index in [0.717, 1.165) is 37.6 Å². The fourth-order valence-corrected chi connectivity index (χ4v) is 1.26. The van der Waals surface area contributed by atoms with E-state index >= 15 is 0 Å². The molecule has 1 aromatic heterocycles. The molecule has 0 aliphatic carbocycles. The van der Waals surface area contributed by atoms with E-state index in [9.17, 15) is 0 Å². The highest BCUT2D eigenvalue weighted by Crippen LogP contribution is 2.00. The highest BCUT2D eigenvalue weighted by atomic mass is 16.5. The lowest BCUT2D eigenvalue weighted by molar-refractivity contribution is 0.104. The molecule has 0 saturated heterocycles. The highest BCUT2D eigenvalue weighted by Gasteiger charge is 1.98. The Hall–Kier alpha value is -0.910. The largest absolute Gasteiger partial charge is 0.385 e. The van der Waals surface area contributed by atoms with Gasteiger partial charge in [0.15, 0.2) is 5.76 Å². The van der Waals surface area contributed by atoms with Gasteiger partial charge in [-0.2, -0.15) is 0 Å². The molecule has 1 aromatic rings. The van der Waals surface area contributed by atoms with E-state index in [4.69, 9.17) is 14.0 Å². The first-order valence-corrected chi connectivity index (χ1v) is 5.52. The molecule has 0 saturated carbocycles. The number of hydrogen-bond acceptors (Lipinski definition) is 5. The predicted octanol–water partition coefficient (Wildman–Crippen LogP) is 1.13. The van der Waals surface area contributed by atoms with E-state index in [1.165, 1.54) is 0 Å². The summed E-state index contributed by atoms with van der Waals surface area (Å²) in [5.74, 6) is 0.858. The maximum Gasteiger partial charge on any atom is 0.150 e. The van der Waals surface area contributed by atoms with Crippen LogP contribution in [0.2, 0.25) is 0 Å². The van der Waals surface area contributed by atoms with Crippen LogP contribution in [-0.4, -0.2) is 38.6 Å². The summed E-state index contributed by atoms with van der Waals surface area (Å²) < 4.78 is 15.4. The lowest BCUT2D eigenvalue weighted by Gasteiger charge is -2.04. The third-order valence-corrected chi connectivity index (χ3v) is 2.04. The summed E-state index contributed by atoms with van der Waals surface area (Å²) in [6, 6.07) is 1.92. The van der Waals surface area contributed by atoms with Crippen LogP contribution in [0.3, 0.4) is 0 Å². The summed E-state index contributed by atoms with van der Waals surface area (Å²) >= 11 is 0. The molecule has 0 radical (unpaired) electrons. The molecule has 5 nitrogen and oxygen atoms in total. The number of hydrogen-bond donors (Lipinski definition) is 1. The second-order valence-electron chi connectivity index (χ2n) is 3.57. The number of rotatable bonds is 9. The average molecular weight is 228 g/mol. The van der Waals surface area contributed by atoms with Gasteiger partial charge in [0.2, 0.25) is 0 Å². The fraction of sp³-hybridized carbons (Fsp3) is 0.727. The fourth-order valence-electron chi connectivity index (χ4n) is 1.26. The van der Waals surface area contributed by atoms with Crippen LogP contribution in [0.1, 0.15) is 17.9 Å². The molecule has 16 heavy (non-hydrogen) atoms. The molecule has 0 unspecified atom stereocenters. The number of methoxy groups -OCH3 is 1. The molecule has 92 valence electrons. The maximum atomic E-state index is 5.39. The van der Waals surface area contributed by atoms with Crippen LogP contribution in [0.4, 0.5) is 0 Å². The van der Waals surface area contributed by atoms with Gasteiger partial charge in [-0.3, -0.25) is 0 Å². The molecule has 1 N–H and O–H groups in total. The molecule has 0 aliphatic rings. The van der Waals surface area contributed by atoms with Gasteiger partial charge in [-0.15, -0.1) is 0 Å². The van der Waals surface area contributed by atoms with Gasteiger partial charge in [0, 0.05) is 32.9 Å². The highest BCUT2D eigenvalue weighted by molar-refractivity contribution is 5.02. The van der Waals surface area contributed by atoms with Crippen LogP contribution >= 0.6 is 0 Å². The topological polar surface area (TPSA) is 56.5 Å². The Morgan fingerprint density at radius 1 is 1.38 bits per heavy atom. The molecular weight excluding hydrogens is 208 g/mol. The third kappa shape index (κ3) is 5.85. The van der Waals surface area contributed by atoms with Crippen molar-refractivity contribution in [1.82, 2.24) is 10.5 Å². The van der Waals surface area contributed by atoms with Crippen molar-refractivity contribution < 1.29 is 14.0 Å². The summed E-state index contributed by atoms with van der Waals surface area (Å²) in [5.41, 5.74) is 0.910. The Kier molecular flexibility index (Phi) is 6.80. The molecule has 5 heteroatoms. The second kappa shape index (κ2) is 8.27. The van der Waals surface area contributed by atoms with Crippen molar-refractivity contribution in [2.45, 2.75) is 19.9 Å². The number of aryl methyl sites for hydroxylation is 1. The molecule has 0 spiro atoms. The molecule has 0 aromatic carbocycles. The summed E-state index contributed by atoms with van der Waals surface area (Å²) in [6.07, 6.45) is 0.942. The van der Waals surface area contributed by atoms with Crippen molar-refractivity contribution in [1.29, 1.82) is 0 Å². The van der Waals surface area contributed by atoms with Crippen LogP contribution < -0.4 is 5.32 Å². The minimum Gasteiger partial charge on any atom is -0.385 e. The first-order chi connectivity index (χ1) is 7.83. The van der Waals surface area contributed by atoms with Gasteiger partial charge in [-0.25, -0.2) is 0 Å². The molecule has 1 rings (SSSR count). The Bertz CT molecular complexity index is 276. The molecule has 0 bridgehead atoms. The lowest BCUT2D eigenvalue weighted by atomic mass is 10.4. The molecule has 0 aliphatic heterocycles. The SMILES string of the molecule is COCCCOCCNCc1cc(C)no1. The predicted molar refractivity (Wildman–Crippen MR) is 60.3 cm³/mol. The number of aromatic nitrogens is 1. The zero-order valence-electron chi connectivity index (χ0n) is 9.99. The molecule has 1 heterocycles. The van der Waals surface area contributed by atoms with E-state index < -0.39 is 0 Å². The quantitative estimate of drug-likeness (QED) is 0.642. The normalized spacial score (nSPS) is 10.9. The second-order valence-corrected chi connectivity index (χ2v) is 3.57. The number of nitrogens with zero attached hydrogens (tertiary/aromatic N) is 1. The molecule has 0 amide bonds. The Labute approximate surface area is 96.1 Å². The Morgan fingerprint density at radius 2 is 2.25 bits per heavy atom. The van der Waals surface area contributed by atoms with Crippen molar-refractivity contribution in [3.05, 3.63) is 17.5 Å². The van der Waals surface area contributed by atoms with Gasteiger partial charge in [-0.1, -0.05) is 5.16 Å². The zero-order chi connectivity index (χ0) is 11.6. The molecule has 0 atom stereocenters. The van der Waals surface area contributed by atoms with Crippen molar-refractivity contribution in [3.8, 4) is 0 Å². The summed E-state index contributed by atoms with van der Waals surface area (Å²) in [7, 11) is 1.70. The van der Waals surface area contributed by atoms with Crippen molar-refractivity contribution in [2.24, 2.45) is 0 Å². The van der Waals surface area contributed by atoms with Crippen LogP contribution in [0.5, 0.6) is 0 Å². The zero-order valence-corrected chi connectivity index (χ0v) is 9.99. The standard InChI is InChI=1S/C11H20N2O3/c1-10-8-11(16-13-10)9-12-4-7-15-6-3-5-14-2/h8,12H,3-7,9H2,1-2H3. The van der Waals surface area contributed by atoms with Gasteiger partial charge in [-0.05, 0) is 13.3 Å². The van der Waals surface area contributed by atoms with Crippen LogP contribution in [0.25, 0.3) is 0 Å².